The fourth-order valence-corrected chi connectivity index (χ4v) is 2.60. The predicted octanol–water partition coefficient (Wildman–Crippen LogP) is 1.17. The summed E-state index contributed by atoms with van der Waals surface area (Å²) in [6.45, 7) is 11.4. The van der Waals surface area contributed by atoms with Gasteiger partial charge in [-0.3, -0.25) is 4.79 Å². The predicted molar refractivity (Wildman–Crippen MR) is 75.6 cm³/mol. The Labute approximate surface area is 112 Å². The second kappa shape index (κ2) is 7.74. The molecule has 1 unspecified atom stereocenters. The van der Waals surface area contributed by atoms with Crippen molar-refractivity contribution in [3.63, 3.8) is 0 Å². The number of hydrogen-bond donors (Lipinski definition) is 1. The van der Waals surface area contributed by atoms with Crippen molar-refractivity contribution in [1.29, 1.82) is 0 Å². The van der Waals surface area contributed by atoms with Gasteiger partial charge in [-0.15, -0.1) is 0 Å². The monoisotopic (exact) mass is 255 g/mol. The standard InChI is InChI=1S/C14H29N3O/c1-5-15-11-12(3)14(18)16(4)13-7-9-17(6-2)10-8-13/h12-13,15H,5-11H2,1-4H3. The summed E-state index contributed by atoms with van der Waals surface area (Å²) in [4.78, 5) is 16.7. The van der Waals surface area contributed by atoms with E-state index in [0.29, 0.717) is 6.04 Å². The molecule has 0 spiro atoms. The molecular weight excluding hydrogens is 226 g/mol. The van der Waals surface area contributed by atoms with Crippen molar-refractivity contribution in [3.05, 3.63) is 0 Å². The fourth-order valence-electron chi connectivity index (χ4n) is 2.60. The lowest BCUT2D eigenvalue weighted by Crippen LogP contribution is -2.48. The molecule has 4 nitrogen and oxygen atoms in total. The highest BCUT2D eigenvalue weighted by atomic mass is 16.2. The normalized spacial score (nSPS) is 19.8. The molecule has 18 heavy (non-hydrogen) atoms. The molecule has 1 heterocycles. The molecule has 1 N–H and O–H groups in total. The van der Waals surface area contributed by atoms with Crippen molar-refractivity contribution in [2.24, 2.45) is 5.92 Å². The molecule has 1 amide bonds. The summed E-state index contributed by atoms with van der Waals surface area (Å²) in [6, 6.07) is 0.435. The summed E-state index contributed by atoms with van der Waals surface area (Å²) in [5.41, 5.74) is 0. The van der Waals surface area contributed by atoms with Crippen molar-refractivity contribution in [2.45, 2.75) is 39.7 Å². The number of carbonyl (C=O) groups is 1. The Bertz CT molecular complexity index is 249. The molecule has 4 heteroatoms. The van der Waals surface area contributed by atoms with Crippen LogP contribution in [-0.2, 0) is 4.79 Å². The molecule has 0 saturated carbocycles. The number of carbonyl (C=O) groups excluding carboxylic acids is 1. The summed E-state index contributed by atoms with van der Waals surface area (Å²) in [6.07, 6.45) is 2.23. The lowest BCUT2D eigenvalue weighted by atomic mass is 10.0. The smallest absolute Gasteiger partial charge is 0.226 e. The number of rotatable bonds is 6. The average molecular weight is 255 g/mol. The van der Waals surface area contributed by atoms with Crippen molar-refractivity contribution in [3.8, 4) is 0 Å². The van der Waals surface area contributed by atoms with E-state index >= 15 is 0 Å². The number of amides is 1. The Balaban J connectivity index is 2.39. The second-order valence-electron chi connectivity index (χ2n) is 5.32. The van der Waals surface area contributed by atoms with E-state index in [9.17, 15) is 4.79 Å². The zero-order valence-corrected chi connectivity index (χ0v) is 12.4. The number of piperidine rings is 1. The second-order valence-corrected chi connectivity index (χ2v) is 5.32. The minimum Gasteiger partial charge on any atom is -0.342 e. The molecule has 1 aliphatic rings. The minimum atomic E-state index is 0.0826. The molecule has 1 aliphatic heterocycles. The van der Waals surface area contributed by atoms with Crippen LogP contribution in [0.1, 0.15) is 33.6 Å². The van der Waals surface area contributed by atoms with Crippen molar-refractivity contribution in [1.82, 2.24) is 15.1 Å². The summed E-state index contributed by atoms with van der Waals surface area (Å²) >= 11 is 0. The van der Waals surface area contributed by atoms with E-state index in [1.165, 1.54) is 0 Å². The van der Waals surface area contributed by atoms with Gasteiger partial charge in [-0.1, -0.05) is 20.8 Å². The van der Waals surface area contributed by atoms with Gasteiger partial charge in [0.05, 0.1) is 0 Å². The van der Waals surface area contributed by atoms with Gasteiger partial charge in [0.2, 0.25) is 5.91 Å². The van der Waals surface area contributed by atoms with Crippen LogP contribution in [0.2, 0.25) is 0 Å². The quantitative estimate of drug-likeness (QED) is 0.774. The van der Waals surface area contributed by atoms with Crippen molar-refractivity contribution < 1.29 is 4.79 Å². The van der Waals surface area contributed by atoms with E-state index in [1.54, 1.807) is 0 Å². The van der Waals surface area contributed by atoms with E-state index in [-0.39, 0.29) is 11.8 Å². The first-order chi connectivity index (χ1) is 8.60. The molecule has 1 saturated heterocycles. The maximum Gasteiger partial charge on any atom is 0.226 e. The summed E-state index contributed by atoms with van der Waals surface area (Å²) in [5.74, 6) is 0.366. The number of hydrogen-bond acceptors (Lipinski definition) is 3. The molecule has 0 aromatic rings. The van der Waals surface area contributed by atoms with Gasteiger partial charge < -0.3 is 15.1 Å². The lowest BCUT2D eigenvalue weighted by Gasteiger charge is -2.37. The van der Waals surface area contributed by atoms with Gasteiger partial charge in [-0.25, -0.2) is 0 Å². The molecule has 0 aromatic carbocycles. The molecule has 0 radical (unpaired) electrons. The van der Waals surface area contributed by atoms with Gasteiger partial charge in [0.1, 0.15) is 0 Å². The minimum absolute atomic E-state index is 0.0826. The largest absolute Gasteiger partial charge is 0.342 e. The molecular formula is C14H29N3O. The first kappa shape index (κ1) is 15.4. The Kier molecular flexibility index (Phi) is 6.65. The third-order valence-electron chi connectivity index (χ3n) is 4.02. The highest BCUT2D eigenvalue weighted by molar-refractivity contribution is 5.78. The van der Waals surface area contributed by atoms with E-state index < -0.39 is 0 Å². The van der Waals surface area contributed by atoms with Gasteiger partial charge in [0, 0.05) is 38.6 Å². The Morgan fingerprint density at radius 3 is 2.50 bits per heavy atom. The average Bonchev–Trinajstić information content (AvgIpc) is 2.43. The third kappa shape index (κ3) is 4.25. The van der Waals surface area contributed by atoms with Crippen LogP contribution in [0, 0.1) is 5.92 Å². The molecule has 0 aromatic heterocycles. The molecule has 0 aliphatic carbocycles. The maximum atomic E-state index is 12.3. The van der Waals surface area contributed by atoms with E-state index in [0.717, 1.165) is 45.6 Å². The zero-order valence-electron chi connectivity index (χ0n) is 12.4. The zero-order chi connectivity index (χ0) is 13.5. The lowest BCUT2D eigenvalue weighted by molar-refractivity contribution is -0.136. The van der Waals surface area contributed by atoms with Crippen LogP contribution in [0.4, 0.5) is 0 Å². The van der Waals surface area contributed by atoms with Crippen LogP contribution in [0.3, 0.4) is 0 Å². The van der Waals surface area contributed by atoms with Crippen LogP contribution in [0.15, 0.2) is 0 Å². The Morgan fingerprint density at radius 2 is 2.00 bits per heavy atom. The Morgan fingerprint density at radius 1 is 1.39 bits per heavy atom. The van der Waals surface area contributed by atoms with Gasteiger partial charge >= 0.3 is 0 Å². The molecule has 1 rings (SSSR count). The van der Waals surface area contributed by atoms with Crippen LogP contribution < -0.4 is 5.32 Å². The molecule has 1 atom stereocenters. The number of likely N-dealkylation sites (tertiary alicyclic amines) is 1. The molecule has 1 fully saturated rings. The Hall–Kier alpha value is -0.610. The van der Waals surface area contributed by atoms with Gasteiger partial charge in [0.15, 0.2) is 0 Å². The topological polar surface area (TPSA) is 35.6 Å². The summed E-state index contributed by atoms with van der Waals surface area (Å²) < 4.78 is 0. The summed E-state index contributed by atoms with van der Waals surface area (Å²) in [5, 5.41) is 3.25. The third-order valence-corrected chi connectivity index (χ3v) is 4.02. The SMILES string of the molecule is CCNCC(C)C(=O)N(C)C1CCN(CC)CC1. The van der Waals surface area contributed by atoms with E-state index in [2.05, 4.69) is 24.1 Å². The van der Waals surface area contributed by atoms with Gasteiger partial charge in [0.25, 0.3) is 0 Å². The van der Waals surface area contributed by atoms with Gasteiger partial charge in [-0.2, -0.15) is 0 Å². The van der Waals surface area contributed by atoms with E-state index in [1.807, 2.05) is 18.9 Å². The van der Waals surface area contributed by atoms with Crippen LogP contribution >= 0.6 is 0 Å². The highest BCUT2D eigenvalue weighted by Crippen LogP contribution is 2.16. The maximum absolute atomic E-state index is 12.3. The molecule has 0 bridgehead atoms. The number of nitrogens with zero attached hydrogens (tertiary/aromatic N) is 2. The summed E-state index contributed by atoms with van der Waals surface area (Å²) in [7, 11) is 1.97. The van der Waals surface area contributed by atoms with Crippen molar-refractivity contribution in [2.75, 3.05) is 39.8 Å². The van der Waals surface area contributed by atoms with Crippen molar-refractivity contribution >= 4 is 5.91 Å². The first-order valence-electron chi connectivity index (χ1n) is 7.29. The van der Waals surface area contributed by atoms with Crippen LogP contribution in [-0.4, -0.2) is 61.5 Å². The fraction of sp³-hybridized carbons (Fsp3) is 0.929. The van der Waals surface area contributed by atoms with Crippen LogP contribution in [0.25, 0.3) is 0 Å². The highest BCUT2D eigenvalue weighted by Gasteiger charge is 2.26. The van der Waals surface area contributed by atoms with Gasteiger partial charge in [-0.05, 0) is 25.9 Å². The first-order valence-corrected chi connectivity index (χ1v) is 7.29. The van der Waals surface area contributed by atoms with Crippen LogP contribution in [0.5, 0.6) is 0 Å². The molecule has 106 valence electrons. The number of nitrogens with one attached hydrogen (secondary N) is 1. The van der Waals surface area contributed by atoms with E-state index in [4.69, 9.17) is 0 Å².